The molecular weight excluding hydrogens is 358 g/mol. The summed E-state index contributed by atoms with van der Waals surface area (Å²) in [5, 5.41) is 5.76. The highest BCUT2D eigenvalue weighted by molar-refractivity contribution is 5.95. The van der Waals surface area contributed by atoms with Crippen LogP contribution >= 0.6 is 0 Å². The van der Waals surface area contributed by atoms with Crippen LogP contribution in [0.3, 0.4) is 0 Å². The van der Waals surface area contributed by atoms with Gasteiger partial charge in [-0.25, -0.2) is 14.5 Å². The van der Waals surface area contributed by atoms with E-state index in [2.05, 4.69) is 69.5 Å². The number of fused-ring (bicyclic) bond motifs is 3. The van der Waals surface area contributed by atoms with E-state index >= 15 is 0 Å². The first-order valence-corrected chi connectivity index (χ1v) is 9.82. The maximum Gasteiger partial charge on any atom is 0.182 e. The molecule has 5 nitrogen and oxygen atoms in total. The smallest absolute Gasteiger partial charge is 0.182 e. The van der Waals surface area contributed by atoms with Crippen LogP contribution in [0.4, 0.5) is 0 Å². The van der Waals surface area contributed by atoms with Crippen molar-refractivity contribution in [3.05, 3.63) is 76.7 Å². The van der Waals surface area contributed by atoms with Crippen molar-refractivity contribution in [3.63, 3.8) is 0 Å². The Morgan fingerprint density at radius 1 is 0.793 bits per heavy atom. The zero-order valence-electron chi connectivity index (χ0n) is 17.4. The fourth-order valence-electron chi connectivity index (χ4n) is 3.98. The van der Waals surface area contributed by atoms with Crippen LogP contribution in [0, 0.1) is 34.6 Å². The molecule has 0 atom stereocenters. The topological polar surface area (TPSA) is 48.0 Å². The second-order valence-electron chi connectivity index (χ2n) is 7.78. The lowest BCUT2D eigenvalue weighted by molar-refractivity contribution is 0.926. The Balaban J connectivity index is 1.80. The highest BCUT2D eigenvalue weighted by Gasteiger charge is 2.19. The average Bonchev–Trinajstić information content (AvgIpc) is 3.24. The van der Waals surface area contributed by atoms with Gasteiger partial charge in [-0.3, -0.25) is 4.57 Å². The summed E-state index contributed by atoms with van der Waals surface area (Å²) in [6.07, 6.45) is 1.77. The Labute approximate surface area is 169 Å². The first kappa shape index (κ1) is 17.6. The summed E-state index contributed by atoms with van der Waals surface area (Å²) in [5.74, 6) is 0.730. The van der Waals surface area contributed by atoms with E-state index in [1.165, 1.54) is 22.4 Å². The Kier molecular flexibility index (Phi) is 3.81. The molecule has 0 bridgehead atoms. The van der Waals surface area contributed by atoms with E-state index in [0.717, 1.165) is 39.3 Å². The molecule has 0 aliphatic heterocycles. The molecule has 0 fully saturated rings. The first-order valence-electron chi connectivity index (χ1n) is 9.82. The van der Waals surface area contributed by atoms with E-state index in [-0.39, 0.29) is 0 Å². The van der Waals surface area contributed by atoms with Crippen molar-refractivity contribution in [2.75, 3.05) is 0 Å². The van der Waals surface area contributed by atoms with E-state index in [9.17, 15) is 0 Å². The molecule has 2 aromatic carbocycles. The summed E-state index contributed by atoms with van der Waals surface area (Å²) < 4.78 is 4.01. The molecule has 0 saturated heterocycles. The fraction of sp³-hybridized carbons (Fsp3) is 0.208. The van der Waals surface area contributed by atoms with Gasteiger partial charge in [0.25, 0.3) is 0 Å². The third-order valence-corrected chi connectivity index (χ3v) is 5.97. The Hall–Kier alpha value is -3.47. The normalized spacial score (nSPS) is 11.6. The van der Waals surface area contributed by atoms with Gasteiger partial charge in [0.2, 0.25) is 0 Å². The van der Waals surface area contributed by atoms with E-state index in [1.54, 1.807) is 10.8 Å². The molecule has 5 rings (SSSR count). The van der Waals surface area contributed by atoms with Gasteiger partial charge in [-0.15, -0.1) is 5.10 Å². The molecule has 0 spiro atoms. The summed E-state index contributed by atoms with van der Waals surface area (Å²) in [4.78, 5) is 9.68. The van der Waals surface area contributed by atoms with Gasteiger partial charge in [-0.2, -0.15) is 0 Å². The summed E-state index contributed by atoms with van der Waals surface area (Å²) >= 11 is 0. The van der Waals surface area contributed by atoms with Crippen LogP contribution in [0.2, 0.25) is 0 Å². The maximum absolute atomic E-state index is 4.91. The van der Waals surface area contributed by atoms with Crippen molar-refractivity contribution in [1.82, 2.24) is 24.1 Å². The number of nitrogens with zero attached hydrogens (tertiary/aromatic N) is 5. The van der Waals surface area contributed by atoms with Crippen LogP contribution in [0.1, 0.15) is 27.9 Å². The molecule has 0 saturated carbocycles. The van der Waals surface area contributed by atoms with E-state index < -0.39 is 0 Å². The lowest BCUT2D eigenvalue weighted by Gasteiger charge is -2.10. The molecule has 0 aliphatic rings. The number of rotatable bonds is 2. The van der Waals surface area contributed by atoms with Gasteiger partial charge in [0.15, 0.2) is 17.1 Å². The van der Waals surface area contributed by atoms with Crippen molar-refractivity contribution in [3.8, 4) is 17.1 Å². The molecule has 3 aromatic heterocycles. The quantitative estimate of drug-likeness (QED) is 0.418. The highest BCUT2D eigenvalue weighted by atomic mass is 15.3. The summed E-state index contributed by atoms with van der Waals surface area (Å²) in [6, 6.07) is 14.7. The molecule has 3 heterocycles. The molecule has 0 aliphatic carbocycles. The van der Waals surface area contributed by atoms with Gasteiger partial charge >= 0.3 is 0 Å². The zero-order chi connectivity index (χ0) is 20.3. The predicted octanol–water partition coefficient (Wildman–Crippen LogP) is 5.28. The minimum atomic E-state index is 0.730. The summed E-state index contributed by atoms with van der Waals surface area (Å²) in [6.45, 7) is 10.6. The van der Waals surface area contributed by atoms with Crippen LogP contribution in [-0.4, -0.2) is 24.1 Å². The van der Waals surface area contributed by atoms with Crippen molar-refractivity contribution >= 4 is 16.7 Å². The Morgan fingerprint density at radius 2 is 1.59 bits per heavy atom. The van der Waals surface area contributed by atoms with Crippen LogP contribution in [0.25, 0.3) is 33.8 Å². The molecular formula is C24H23N5. The van der Waals surface area contributed by atoms with Gasteiger partial charge in [-0.1, -0.05) is 30.3 Å². The van der Waals surface area contributed by atoms with Gasteiger partial charge in [0.1, 0.15) is 6.33 Å². The molecule has 0 radical (unpaired) electrons. The minimum Gasteiger partial charge on any atom is -0.298 e. The molecule has 5 aromatic rings. The number of benzene rings is 2. The Morgan fingerprint density at radius 3 is 2.34 bits per heavy atom. The lowest BCUT2D eigenvalue weighted by atomic mass is 10.1. The largest absolute Gasteiger partial charge is 0.298 e. The summed E-state index contributed by atoms with van der Waals surface area (Å²) in [7, 11) is 0. The molecule has 5 heteroatoms. The second-order valence-corrected chi connectivity index (χ2v) is 7.78. The van der Waals surface area contributed by atoms with Crippen LogP contribution in [0.15, 0.2) is 48.8 Å². The third-order valence-electron chi connectivity index (χ3n) is 5.97. The monoisotopic (exact) mass is 381 g/mol. The SMILES string of the molecule is Cc1ccc(-n2c(C)c(C)c3c2ncn2nc(-c4ccccc4C)nc32)cc1C. The number of aromatic nitrogens is 5. The van der Waals surface area contributed by atoms with Crippen LogP contribution in [-0.2, 0) is 0 Å². The van der Waals surface area contributed by atoms with E-state index in [0.29, 0.717) is 0 Å². The lowest BCUT2D eigenvalue weighted by Crippen LogP contribution is -2.00. The van der Waals surface area contributed by atoms with Crippen molar-refractivity contribution < 1.29 is 0 Å². The fourth-order valence-corrected chi connectivity index (χ4v) is 3.98. The van der Waals surface area contributed by atoms with Gasteiger partial charge in [0, 0.05) is 16.9 Å². The standard InChI is InChI=1S/C24H23N5/c1-14-10-11-19(12-16(14)3)29-18(5)17(4)21-23(29)25-13-28-24(21)26-22(27-28)20-9-7-6-8-15(20)2/h6-13H,1-5H3. The maximum atomic E-state index is 4.91. The van der Waals surface area contributed by atoms with Gasteiger partial charge in [-0.05, 0) is 69.0 Å². The molecule has 0 unspecified atom stereocenters. The number of aryl methyl sites for hydroxylation is 4. The molecule has 0 N–H and O–H groups in total. The van der Waals surface area contributed by atoms with Gasteiger partial charge < -0.3 is 0 Å². The van der Waals surface area contributed by atoms with Crippen LogP contribution < -0.4 is 0 Å². The molecule has 0 amide bonds. The second kappa shape index (κ2) is 6.27. The van der Waals surface area contributed by atoms with Crippen LogP contribution in [0.5, 0.6) is 0 Å². The highest BCUT2D eigenvalue weighted by Crippen LogP contribution is 2.31. The van der Waals surface area contributed by atoms with E-state index in [4.69, 9.17) is 15.1 Å². The number of hydrogen-bond acceptors (Lipinski definition) is 3. The van der Waals surface area contributed by atoms with Crippen molar-refractivity contribution in [2.45, 2.75) is 34.6 Å². The average molecular weight is 381 g/mol. The summed E-state index contributed by atoms with van der Waals surface area (Å²) in [5.41, 5.74) is 10.0. The zero-order valence-corrected chi connectivity index (χ0v) is 17.4. The minimum absolute atomic E-state index is 0.730. The molecule has 29 heavy (non-hydrogen) atoms. The number of hydrogen-bond donors (Lipinski definition) is 0. The van der Waals surface area contributed by atoms with Crippen molar-refractivity contribution in [1.29, 1.82) is 0 Å². The molecule has 144 valence electrons. The van der Waals surface area contributed by atoms with E-state index in [1.807, 2.05) is 12.1 Å². The van der Waals surface area contributed by atoms with Crippen molar-refractivity contribution in [2.24, 2.45) is 0 Å². The predicted molar refractivity (Wildman–Crippen MR) is 117 cm³/mol. The van der Waals surface area contributed by atoms with Gasteiger partial charge in [0.05, 0.1) is 5.39 Å². The first-order chi connectivity index (χ1) is 14.0. The Bertz CT molecular complexity index is 1400. The third kappa shape index (κ3) is 2.58.